The van der Waals surface area contributed by atoms with E-state index in [1.54, 1.807) is 11.8 Å². The lowest BCUT2D eigenvalue weighted by Crippen LogP contribution is -2.32. The number of anilines is 1. The molecule has 1 heterocycles. The maximum atomic E-state index is 12.9. The molecule has 0 fully saturated rings. The highest BCUT2D eigenvalue weighted by atomic mass is 35.5. The summed E-state index contributed by atoms with van der Waals surface area (Å²) in [6.07, 6.45) is 0. The fraction of sp³-hybridized carbons (Fsp3) is 0.421. The van der Waals surface area contributed by atoms with Crippen LogP contribution in [0.4, 0.5) is 5.95 Å². The second kappa shape index (κ2) is 8.36. The van der Waals surface area contributed by atoms with Crippen molar-refractivity contribution in [2.24, 2.45) is 0 Å². The number of nitrogens with two attached hydrogens (primary N) is 1. The van der Waals surface area contributed by atoms with E-state index in [2.05, 4.69) is 9.97 Å². The molecule has 0 radical (unpaired) electrons. The Labute approximate surface area is 159 Å². The quantitative estimate of drug-likeness (QED) is 0.831. The first-order chi connectivity index (χ1) is 12.3. The molecule has 1 amide bonds. The lowest BCUT2D eigenvalue weighted by molar-refractivity contribution is 0.0768. The second-order valence-electron chi connectivity index (χ2n) is 6.13. The van der Waals surface area contributed by atoms with Crippen LogP contribution in [-0.2, 0) is 6.61 Å². The highest BCUT2D eigenvalue weighted by Gasteiger charge is 2.22. The van der Waals surface area contributed by atoms with Crippen molar-refractivity contribution >= 4 is 23.5 Å². The van der Waals surface area contributed by atoms with Crippen molar-refractivity contribution in [3.05, 3.63) is 45.2 Å². The summed E-state index contributed by atoms with van der Waals surface area (Å²) in [5, 5.41) is 0.719. The summed E-state index contributed by atoms with van der Waals surface area (Å²) >= 11 is 6.20. The summed E-state index contributed by atoms with van der Waals surface area (Å²) in [4.78, 5) is 23.0. The monoisotopic (exact) mass is 376 g/mol. The van der Waals surface area contributed by atoms with Gasteiger partial charge in [0.25, 0.3) is 5.91 Å². The fourth-order valence-corrected chi connectivity index (χ4v) is 2.96. The number of halogens is 1. The van der Waals surface area contributed by atoms with Gasteiger partial charge in [-0.1, -0.05) is 11.6 Å². The first kappa shape index (κ1) is 20.0. The summed E-state index contributed by atoms with van der Waals surface area (Å²) in [7, 11) is 0. The molecule has 2 rings (SSSR count). The molecule has 1 aromatic carbocycles. The summed E-state index contributed by atoms with van der Waals surface area (Å²) in [6.45, 7) is 10.8. The number of amides is 1. The number of nitrogens with zero attached hydrogens (tertiary/aromatic N) is 3. The number of benzene rings is 1. The molecular weight excluding hydrogens is 352 g/mol. The average molecular weight is 377 g/mol. The molecule has 7 heteroatoms. The molecule has 0 aliphatic carbocycles. The number of carbonyl (C=O) groups is 1. The van der Waals surface area contributed by atoms with E-state index in [4.69, 9.17) is 22.1 Å². The highest BCUT2D eigenvalue weighted by molar-refractivity contribution is 6.32. The molecule has 0 bridgehead atoms. The summed E-state index contributed by atoms with van der Waals surface area (Å²) in [5.41, 5.74) is 9.13. The van der Waals surface area contributed by atoms with E-state index in [1.807, 2.05) is 39.8 Å². The summed E-state index contributed by atoms with van der Waals surface area (Å²) < 4.78 is 5.88. The Balaban J connectivity index is 2.35. The van der Waals surface area contributed by atoms with E-state index in [0.717, 1.165) is 16.1 Å². The SMILES string of the molecule is CCN(CC)C(=O)c1c(C)nc(N)nc1COc1cc(C)c(Cl)c(C)c1. The minimum absolute atomic E-state index is 0.116. The van der Waals surface area contributed by atoms with Crippen LogP contribution in [0.15, 0.2) is 12.1 Å². The molecule has 1 aromatic heterocycles. The molecular formula is C19H25ClN4O2. The zero-order chi connectivity index (χ0) is 19.4. The number of hydrogen-bond acceptors (Lipinski definition) is 5. The normalized spacial score (nSPS) is 10.7. The third kappa shape index (κ3) is 4.25. The molecule has 0 saturated carbocycles. The molecule has 0 aliphatic rings. The van der Waals surface area contributed by atoms with E-state index in [9.17, 15) is 4.79 Å². The highest BCUT2D eigenvalue weighted by Crippen LogP contribution is 2.27. The van der Waals surface area contributed by atoms with E-state index in [0.29, 0.717) is 35.8 Å². The van der Waals surface area contributed by atoms with Gasteiger partial charge >= 0.3 is 0 Å². The number of nitrogen functional groups attached to an aromatic ring is 1. The van der Waals surface area contributed by atoms with Gasteiger partial charge in [0.15, 0.2) is 0 Å². The Kier molecular flexibility index (Phi) is 6.42. The molecule has 0 aliphatic heterocycles. The molecule has 0 atom stereocenters. The van der Waals surface area contributed by atoms with E-state index < -0.39 is 0 Å². The smallest absolute Gasteiger partial charge is 0.257 e. The predicted octanol–water partition coefficient (Wildman–Crippen LogP) is 3.70. The standard InChI is InChI=1S/C19H25ClN4O2/c1-6-24(7-2)18(25)16-13(5)22-19(21)23-15(16)10-26-14-8-11(3)17(20)12(4)9-14/h8-9H,6-7,10H2,1-5H3,(H2,21,22,23). The number of rotatable bonds is 6. The van der Waals surface area contributed by atoms with Crippen LogP contribution in [-0.4, -0.2) is 33.9 Å². The first-order valence-corrected chi connectivity index (χ1v) is 8.98. The lowest BCUT2D eigenvalue weighted by Gasteiger charge is -2.21. The average Bonchev–Trinajstić information content (AvgIpc) is 2.58. The molecule has 140 valence electrons. The first-order valence-electron chi connectivity index (χ1n) is 8.60. The number of hydrogen-bond donors (Lipinski definition) is 1. The van der Waals surface area contributed by atoms with Crippen LogP contribution >= 0.6 is 11.6 Å². The van der Waals surface area contributed by atoms with E-state index in [-0.39, 0.29) is 18.5 Å². The molecule has 0 spiro atoms. The van der Waals surface area contributed by atoms with Gasteiger partial charge in [0.05, 0.1) is 17.0 Å². The third-order valence-electron chi connectivity index (χ3n) is 4.23. The molecule has 2 aromatic rings. The molecule has 0 unspecified atom stereocenters. The largest absolute Gasteiger partial charge is 0.487 e. The zero-order valence-corrected chi connectivity index (χ0v) is 16.6. The van der Waals surface area contributed by atoms with Gasteiger partial charge in [0.2, 0.25) is 5.95 Å². The predicted molar refractivity (Wildman–Crippen MR) is 104 cm³/mol. The molecule has 0 saturated heterocycles. The Hall–Kier alpha value is -2.34. The van der Waals surface area contributed by atoms with Crippen molar-refractivity contribution in [1.29, 1.82) is 0 Å². The minimum atomic E-state index is -0.116. The topological polar surface area (TPSA) is 81.3 Å². The maximum Gasteiger partial charge on any atom is 0.257 e. The van der Waals surface area contributed by atoms with Crippen molar-refractivity contribution in [3.63, 3.8) is 0 Å². The van der Waals surface area contributed by atoms with Gasteiger partial charge < -0.3 is 15.4 Å². The number of aromatic nitrogens is 2. The zero-order valence-electron chi connectivity index (χ0n) is 15.9. The van der Waals surface area contributed by atoms with Gasteiger partial charge in [-0.25, -0.2) is 9.97 Å². The van der Waals surface area contributed by atoms with Crippen molar-refractivity contribution in [3.8, 4) is 5.75 Å². The van der Waals surface area contributed by atoms with Gasteiger partial charge in [0, 0.05) is 18.1 Å². The Morgan fingerprint density at radius 3 is 2.27 bits per heavy atom. The second-order valence-corrected chi connectivity index (χ2v) is 6.50. The van der Waals surface area contributed by atoms with Crippen molar-refractivity contribution < 1.29 is 9.53 Å². The van der Waals surface area contributed by atoms with Crippen LogP contribution < -0.4 is 10.5 Å². The van der Waals surface area contributed by atoms with Crippen LogP contribution in [0.2, 0.25) is 5.02 Å². The Bertz CT molecular complexity index is 796. The van der Waals surface area contributed by atoms with Gasteiger partial charge in [-0.15, -0.1) is 0 Å². The summed E-state index contributed by atoms with van der Waals surface area (Å²) in [6, 6.07) is 3.72. The van der Waals surface area contributed by atoms with Gasteiger partial charge in [-0.05, 0) is 57.9 Å². The van der Waals surface area contributed by atoms with E-state index in [1.165, 1.54) is 0 Å². The number of ether oxygens (including phenoxy) is 1. The van der Waals surface area contributed by atoms with Crippen molar-refractivity contribution in [2.45, 2.75) is 41.2 Å². The molecule has 6 nitrogen and oxygen atoms in total. The van der Waals surface area contributed by atoms with Gasteiger partial charge in [-0.2, -0.15) is 0 Å². The third-order valence-corrected chi connectivity index (χ3v) is 4.83. The van der Waals surface area contributed by atoms with Crippen molar-refractivity contribution in [2.75, 3.05) is 18.8 Å². The lowest BCUT2D eigenvalue weighted by atomic mass is 10.1. The van der Waals surface area contributed by atoms with Gasteiger partial charge in [0.1, 0.15) is 12.4 Å². The number of aryl methyl sites for hydroxylation is 3. The number of carbonyl (C=O) groups excluding carboxylic acids is 1. The van der Waals surface area contributed by atoms with Crippen LogP contribution in [0.3, 0.4) is 0 Å². The minimum Gasteiger partial charge on any atom is -0.487 e. The van der Waals surface area contributed by atoms with E-state index >= 15 is 0 Å². The molecule has 26 heavy (non-hydrogen) atoms. The maximum absolute atomic E-state index is 12.9. The molecule has 2 N–H and O–H groups in total. The van der Waals surface area contributed by atoms with Crippen LogP contribution in [0, 0.1) is 20.8 Å². The summed E-state index contributed by atoms with van der Waals surface area (Å²) in [5.74, 6) is 0.677. The van der Waals surface area contributed by atoms with Crippen LogP contribution in [0.5, 0.6) is 5.75 Å². The van der Waals surface area contributed by atoms with Crippen molar-refractivity contribution in [1.82, 2.24) is 14.9 Å². The fourth-order valence-electron chi connectivity index (χ4n) is 2.85. The Morgan fingerprint density at radius 1 is 1.15 bits per heavy atom. The van der Waals surface area contributed by atoms with Crippen LogP contribution in [0.25, 0.3) is 0 Å². The Morgan fingerprint density at radius 2 is 1.73 bits per heavy atom. The van der Waals surface area contributed by atoms with Gasteiger partial charge in [-0.3, -0.25) is 4.79 Å². The van der Waals surface area contributed by atoms with Crippen LogP contribution in [0.1, 0.15) is 46.7 Å².